The maximum atomic E-state index is 11.2. The fraction of sp³-hybridized carbons (Fsp3) is 0. The Morgan fingerprint density at radius 1 is 1.00 bits per heavy atom. The van der Waals surface area contributed by atoms with Gasteiger partial charge in [-0.25, -0.2) is 10.9 Å². The molecule has 0 saturated carbocycles. The van der Waals surface area contributed by atoms with Crippen molar-refractivity contribution in [3.63, 3.8) is 0 Å². The average Bonchev–Trinajstić information content (AvgIpc) is 2.33. The van der Waals surface area contributed by atoms with Crippen LogP contribution in [0, 0.1) is 0 Å². The van der Waals surface area contributed by atoms with E-state index in [2.05, 4.69) is 0 Å². The number of hydrogen-bond donors (Lipinski definition) is 1. The summed E-state index contributed by atoms with van der Waals surface area (Å²) in [4.78, 5) is 22.4. The van der Waals surface area contributed by atoms with Crippen LogP contribution in [0.3, 0.4) is 0 Å². The zero-order valence-corrected chi connectivity index (χ0v) is 6.15. The molecule has 12 heavy (non-hydrogen) atoms. The molecule has 1 aliphatic heterocycles. The van der Waals surface area contributed by atoms with E-state index in [9.17, 15) is 9.59 Å². The molecule has 2 rings (SSSR count). The maximum Gasteiger partial charge on any atom is 0.275 e. The first-order chi connectivity index (χ1) is 5.72. The van der Waals surface area contributed by atoms with Crippen LogP contribution in [0.1, 0.15) is 20.7 Å². The molecule has 0 bridgehead atoms. The second kappa shape index (κ2) is 2.15. The quantitative estimate of drug-likeness (QED) is 0.256. The minimum atomic E-state index is -0.435. The lowest BCUT2D eigenvalue weighted by Crippen LogP contribution is -2.36. The Balaban J connectivity index is 2.67. The Labute approximate surface area is 68.5 Å². The number of hydrazine groups is 1. The molecular weight excluding hydrogens is 157 g/mol. The summed E-state index contributed by atoms with van der Waals surface area (Å²) >= 11 is 0. The van der Waals surface area contributed by atoms with Crippen LogP contribution in [0.2, 0.25) is 0 Å². The van der Waals surface area contributed by atoms with Gasteiger partial charge in [-0.1, -0.05) is 12.1 Å². The summed E-state index contributed by atoms with van der Waals surface area (Å²) in [6.45, 7) is 0. The summed E-state index contributed by atoms with van der Waals surface area (Å²) in [5.74, 6) is 4.34. The summed E-state index contributed by atoms with van der Waals surface area (Å²) in [7, 11) is 0. The van der Waals surface area contributed by atoms with Crippen LogP contribution in [-0.4, -0.2) is 16.8 Å². The minimum Gasteiger partial charge on any atom is -0.267 e. The average molecular weight is 163 g/mol. The predicted molar refractivity (Wildman–Crippen MR) is 41.1 cm³/mol. The zero-order valence-electron chi connectivity index (χ0n) is 6.15. The molecule has 60 valence electrons. The van der Waals surface area contributed by atoms with E-state index >= 15 is 0 Å². The van der Waals surface area contributed by atoms with E-state index in [0.717, 1.165) is 0 Å². The predicted octanol–water partition coefficient (Wildman–Crippen LogP) is 0.156. The van der Waals surface area contributed by atoms with Gasteiger partial charge in [-0.05, 0) is 12.1 Å². The molecule has 0 saturated heterocycles. The van der Waals surface area contributed by atoms with Gasteiger partial charge < -0.3 is 0 Å². The van der Waals surface area contributed by atoms with Crippen molar-refractivity contribution in [1.82, 2.24) is 5.01 Å². The van der Waals surface area contributed by atoms with E-state index in [1.165, 1.54) is 0 Å². The number of nitrogens with two attached hydrogens (primary N) is 1. The molecule has 1 heterocycles. The molecule has 0 atom stereocenters. The molecule has 0 fully saturated rings. The van der Waals surface area contributed by atoms with Crippen molar-refractivity contribution in [1.29, 1.82) is 0 Å². The second-order valence-corrected chi connectivity index (χ2v) is 2.53. The minimum absolute atomic E-state index is 0.380. The highest BCUT2D eigenvalue weighted by atomic mass is 16.3. The van der Waals surface area contributed by atoms with Gasteiger partial charge in [-0.2, -0.15) is 0 Å². The summed E-state index contributed by atoms with van der Waals surface area (Å²) in [5, 5.41) is 0.630. The van der Waals surface area contributed by atoms with E-state index in [1.54, 1.807) is 24.3 Å². The number of fused-ring (bicyclic) bond motifs is 1. The summed E-state index contributed by atoms with van der Waals surface area (Å²) in [5.41, 5.74) is 0.759. The number of nitrogens with zero attached hydrogens (tertiary/aromatic N) is 1. The summed E-state index contributed by atoms with van der Waals surface area (Å²) < 4.78 is 0. The highest BCUT2D eigenvalue weighted by Crippen LogP contribution is 2.18. The Morgan fingerprint density at radius 2 is 1.42 bits per heavy atom. The monoisotopic (exact) mass is 163 g/mol. The topological polar surface area (TPSA) is 63.4 Å². The molecule has 4 nitrogen and oxygen atoms in total. The maximum absolute atomic E-state index is 11.2. The highest BCUT2D eigenvalue weighted by molar-refractivity contribution is 6.20. The van der Waals surface area contributed by atoms with Crippen LogP contribution in [0.15, 0.2) is 24.3 Å². The number of amides is 2. The van der Waals surface area contributed by atoms with Gasteiger partial charge in [-0.3, -0.25) is 9.59 Å². The number of imide groups is 1. The Morgan fingerprint density at radius 3 is 1.83 bits per heavy atom. The molecule has 0 unspecified atom stereocenters. The van der Waals surface area contributed by atoms with Gasteiger partial charge in [0.1, 0.15) is 0 Å². The van der Waals surface area contributed by atoms with Crippen LogP contribution in [0.25, 0.3) is 0 Å². The fourth-order valence-electron chi connectivity index (χ4n) is 1.21. The Hall–Kier alpha value is -1.68. The molecule has 1 aromatic rings. The lowest BCUT2D eigenvalue weighted by atomic mass is 10.1. The van der Waals surface area contributed by atoms with Gasteiger partial charge in [0.15, 0.2) is 0 Å². The van der Waals surface area contributed by atoms with E-state index < -0.39 is 11.8 Å². The Bertz CT molecular complexity index is 338. The lowest BCUT2D eigenvalue weighted by Gasteiger charge is -2.01. The van der Waals surface area contributed by atoms with Gasteiger partial charge in [0.05, 0.1) is 11.1 Å². The van der Waals surface area contributed by atoms with Crippen molar-refractivity contribution < 1.29 is 9.59 Å². The van der Waals surface area contributed by atoms with Gasteiger partial charge in [0, 0.05) is 0 Å². The third-order valence-electron chi connectivity index (χ3n) is 1.83. The summed E-state index contributed by atoms with van der Waals surface area (Å²) in [6, 6.07) is 6.57. The first kappa shape index (κ1) is 7.00. The molecule has 2 amide bonds. The SMILES string of the molecule is N[15N]1C(=O)c2ccccc2C1=O. The van der Waals surface area contributed by atoms with Crippen molar-refractivity contribution in [2.45, 2.75) is 0 Å². The van der Waals surface area contributed by atoms with Gasteiger partial charge in [-0.15, -0.1) is 0 Å². The molecule has 0 aliphatic carbocycles. The van der Waals surface area contributed by atoms with E-state index in [4.69, 9.17) is 5.84 Å². The van der Waals surface area contributed by atoms with Crippen LogP contribution in [0.5, 0.6) is 0 Å². The van der Waals surface area contributed by atoms with Crippen molar-refractivity contribution in [3.05, 3.63) is 35.4 Å². The van der Waals surface area contributed by atoms with Gasteiger partial charge in [0.2, 0.25) is 0 Å². The number of carbonyl (C=O) groups excluding carboxylic acids is 2. The molecular formula is C8H6N2O2. The molecule has 0 spiro atoms. The Kier molecular flexibility index (Phi) is 1.25. The molecule has 0 radical (unpaired) electrons. The largest absolute Gasteiger partial charge is 0.275 e. The standard InChI is InChI=1S/C8H6N2O2/c9-10-7(11)5-3-1-2-4-6(5)8(10)12/h1-4H,9H2/i10+1. The van der Waals surface area contributed by atoms with Gasteiger partial charge >= 0.3 is 0 Å². The fourth-order valence-corrected chi connectivity index (χ4v) is 1.21. The molecule has 4 heteroatoms. The molecule has 2 N–H and O–H groups in total. The van der Waals surface area contributed by atoms with Crippen molar-refractivity contribution in [3.8, 4) is 0 Å². The number of carbonyl (C=O) groups is 2. The number of hydrogen-bond acceptors (Lipinski definition) is 3. The van der Waals surface area contributed by atoms with Crippen LogP contribution >= 0.6 is 0 Å². The summed E-state index contributed by atoms with van der Waals surface area (Å²) in [6.07, 6.45) is 0. The van der Waals surface area contributed by atoms with Crippen LogP contribution in [0.4, 0.5) is 0 Å². The van der Waals surface area contributed by atoms with Crippen LogP contribution in [-0.2, 0) is 0 Å². The normalized spacial score (nSPS) is 15.2. The number of rotatable bonds is 0. The zero-order chi connectivity index (χ0) is 8.72. The number of benzene rings is 1. The third kappa shape index (κ3) is 0.695. The first-order valence-electron chi connectivity index (χ1n) is 3.44. The third-order valence-corrected chi connectivity index (χ3v) is 1.83. The molecule has 1 aromatic carbocycles. The van der Waals surface area contributed by atoms with E-state index in [-0.39, 0.29) is 0 Å². The van der Waals surface area contributed by atoms with Gasteiger partial charge in [0.25, 0.3) is 11.8 Å². The van der Waals surface area contributed by atoms with E-state index in [0.29, 0.717) is 16.1 Å². The van der Waals surface area contributed by atoms with Crippen molar-refractivity contribution in [2.24, 2.45) is 5.84 Å². The van der Waals surface area contributed by atoms with E-state index in [1.807, 2.05) is 0 Å². The highest BCUT2D eigenvalue weighted by Gasteiger charge is 2.32. The smallest absolute Gasteiger partial charge is 0.267 e. The van der Waals surface area contributed by atoms with Crippen molar-refractivity contribution in [2.75, 3.05) is 0 Å². The molecule has 0 aromatic heterocycles. The van der Waals surface area contributed by atoms with Crippen LogP contribution < -0.4 is 5.84 Å². The second-order valence-electron chi connectivity index (χ2n) is 2.53. The lowest BCUT2D eigenvalue weighted by molar-refractivity contribution is 0.0654. The first-order valence-corrected chi connectivity index (χ1v) is 3.44. The van der Waals surface area contributed by atoms with Crippen molar-refractivity contribution >= 4 is 11.8 Å². The molecule has 1 aliphatic rings.